The summed E-state index contributed by atoms with van der Waals surface area (Å²) < 4.78 is 0. The predicted octanol–water partition coefficient (Wildman–Crippen LogP) is 5.89. The number of carbonyl (C=O) groups is 2. The Labute approximate surface area is 187 Å². The SMILES string of the molecule is CC(=O)N1c2ccc(C(=O)Nc3ccccc3)cc2C(Nc2ccc(Cl)cc2)CC1C. The first-order chi connectivity index (χ1) is 14.9. The molecule has 1 aliphatic rings. The molecule has 0 bridgehead atoms. The van der Waals surface area contributed by atoms with E-state index in [0.717, 1.165) is 29.0 Å². The van der Waals surface area contributed by atoms with Crippen LogP contribution in [-0.2, 0) is 4.79 Å². The number of hydrogen-bond acceptors (Lipinski definition) is 3. The molecule has 3 aromatic rings. The minimum Gasteiger partial charge on any atom is -0.378 e. The molecule has 2 unspecified atom stereocenters. The first-order valence-electron chi connectivity index (χ1n) is 10.2. The predicted molar refractivity (Wildman–Crippen MR) is 126 cm³/mol. The maximum atomic E-state index is 12.9. The van der Waals surface area contributed by atoms with E-state index in [4.69, 9.17) is 11.6 Å². The lowest BCUT2D eigenvalue weighted by molar-refractivity contribution is -0.117. The number of carbonyl (C=O) groups excluding carboxylic acids is 2. The summed E-state index contributed by atoms with van der Waals surface area (Å²) in [6.07, 6.45) is 0.721. The fourth-order valence-electron chi connectivity index (χ4n) is 4.09. The second-order valence-electron chi connectivity index (χ2n) is 7.77. The second-order valence-corrected chi connectivity index (χ2v) is 8.21. The summed E-state index contributed by atoms with van der Waals surface area (Å²) in [5.74, 6) is -0.201. The molecule has 1 heterocycles. The van der Waals surface area contributed by atoms with Crippen molar-refractivity contribution in [3.05, 3.63) is 88.9 Å². The van der Waals surface area contributed by atoms with Gasteiger partial charge in [-0.25, -0.2) is 0 Å². The normalized spacial score (nSPS) is 17.6. The Hall–Kier alpha value is -3.31. The van der Waals surface area contributed by atoms with Gasteiger partial charge in [0.15, 0.2) is 0 Å². The Morgan fingerprint density at radius 3 is 2.35 bits per heavy atom. The minimum absolute atomic E-state index is 0.0137. The standard InChI is InChI=1S/C25H24ClN3O2/c1-16-14-23(27-21-11-9-19(26)10-12-21)22-15-18(8-13-24(22)29(16)17(2)30)25(31)28-20-6-4-3-5-7-20/h3-13,15-16,23,27H,14H2,1-2H3,(H,28,31). The lowest BCUT2D eigenvalue weighted by Crippen LogP contribution is -2.43. The van der Waals surface area contributed by atoms with Crippen molar-refractivity contribution in [2.75, 3.05) is 15.5 Å². The van der Waals surface area contributed by atoms with Crippen LogP contribution in [0.2, 0.25) is 5.02 Å². The van der Waals surface area contributed by atoms with Crippen LogP contribution in [0.4, 0.5) is 17.1 Å². The Morgan fingerprint density at radius 1 is 0.968 bits per heavy atom. The molecule has 5 nitrogen and oxygen atoms in total. The summed E-state index contributed by atoms with van der Waals surface area (Å²) in [4.78, 5) is 27.0. The number of rotatable bonds is 4. The summed E-state index contributed by atoms with van der Waals surface area (Å²) >= 11 is 6.02. The zero-order valence-electron chi connectivity index (χ0n) is 17.4. The van der Waals surface area contributed by atoms with E-state index < -0.39 is 0 Å². The topological polar surface area (TPSA) is 61.4 Å². The highest BCUT2D eigenvalue weighted by Crippen LogP contribution is 2.39. The van der Waals surface area contributed by atoms with Gasteiger partial charge in [0.25, 0.3) is 5.91 Å². The Balaban J connectivity index is 1.68. The third-order valence-corrected chi connectivity index (χ3v) is 5.75. The number of anilines is 3. The molecule has 2 atom stereocenters. The smallest absolute Gasteiger partial charge is 0.255 e. The van der Waals surface area contributed by atoms with Gasteiger partial charge in [0.05, 0.1) is 6.04 Å². The van der Waals surface area contributed by atoms with E-state index in [1.807, 2.05) is 73.7 Å². The van der Waals surface area contributed by atoms with Gasteiger partial charge in [0, 0.05) is 40.6 Å². The van der Waals surface area contributed by atoms with Gasteiger partial charge in [-0.05, 0) is 73.5 Å². The highest BCUT2D eigenvalue weighted by molar-refractivity contribution is 6.30. The Bertz CT molecular complexity index is 1100. The average Bonchev–Trinajstić information content (AvgIpc) is 2.75. The number of halogens is 1. The highest BCUT2D eigenvalue weighted by Gasteiger charge is 2.33. The van der Waals surface area contributed by atoms with Gasteiger partial charge in [-0.3, -0.25) is 9.59 Å². The van der Waals surface area contributed by atoms with E-state index in [1.165, 1.54) is 0 Å². The summed E-state index contributed by atoms with van der Waals surface area (Å²) in [7, 11) is 0. The molecule has 0 aromatic heterocycles. The number of fused-ring (bicyclic) bond motifs is 1. The van der Waals surface area contributed by atoms with Crippen LogP contribution in [0.5, 0.6) is 0 Å². The van der Waals surface area contributed by atoms with Crippen molar-refractivity contribution in [2.24, 2.45) is 0 Å². The van der Waals surface area contributed by atoms with E-state index in [2.05, 4.69) is 10.6 Å². The molecule has 2 amide bonds. The highest BCUT2D eigenvalue weighted by atomic mass is 35.5. The van der Waals surface area contributed by atoms with E-state index in [1.54, 1.807) is 17.9 Å². The molecule has 0 saturated carbocycles. The first kappa shape index (κ1) is 20.9. The van der Waals surface area contributed by atoms with Gasteiger partial charge in [-0.2, -0.15) is 0 Å². The van der Waals surface area contributed by atoms with Gasteiger partial charge in [0.2, 0.25) is 5.91 Å². The maximum absolute atomic E-state index is 12.9. The van der Waals surface area contributed by atoms with Crippen molar-refractivity contribution >= 4 is 40.5 Å². The third kappa shape index (κ3) is 4.57. The van der Waals surface area contributed by atoms with Crippen molar-refractivity contribution in [3.8, 4) is 0 Å². The molecule has 3 aromatic carbocycles. The van der Waals surface area contributed by atoms with Crippen LogP contribution in [0, 0.1) is 0 Å². The molecule has 2 N–H and O–H groups in total. The number of amides is 2. The molecule has 1 aliphatic heterocycles. The molecule has 0 fully saturated rings. The van der Waals surface area contributed by atoms with Crippen LogP contribution >= 0.6 is 11.6 Å². The van der Waals surface area contributed by atoms with Crippen molar-refractivity contribution < 1.29 is 9.59 Å². The number of benzene rings is 3. The van der Waals surface area contributed by atoms with Crippen LogP contribution in [0.25, 0.3) is 0 Å². The van der Waals surface area contributed by atoms with Crippen molar-refractivity contribution in [1.29, 1.82) is 0 Å². The van der Waals surface area contributed by atoms with E-state index >= 15 is 0 Å². The van der Waals surface area contributed by atoms with Crippen LogP contribution in [0.15, 0.2) is 72.8 Å². The molecule has 31 heavy (non-hydrogen) atoms. The summed E-state index contributed by atoms with van der Waals surface area (Å²) in [5.41, 5.74) is 3.96. The third-order valence-electron chi connectivity index (χ3n) is 5.50. The zero-order valence-corrected chi connectivity index (χ0v) is 18.2. The van der Waals surface area contributed by atoms with Crippen LogP contribution in [-0.4, -0.2) is 17.9 Å². The molecule has 0 radical (unpaired) electrons. The van der Waals surface area contributed by atoms with Gasteiger partial charge in [-0.1, -0.05) is 29.8 Å². The van der Waals surface area contributed by atoms with Gasteiger partial charge in [0.1, 0.15) is 0 Å². The molecule has 4 rings (SSSR count). The quantitative estimate of drug-likeness (QED) is 0.539. The molecular weight excluding hydrogens is 410 g/mol. The molecule has 6 heteroatoms. The van der Waals surface area contributed by atoms with Gasteiger partial charge < -0.3 is 15.5 Å². The lowest BCUT2D eigenvalue weighted by atomic mass is 9.90. The summed E-state index contributed by atoms with van der Waals surface area (Å²) in [6, 6.07) is 22.4. The summed E-state index contributed by atoms with van der Waals surface area (Å²) in [5, 5.41) is 7.14. The number of nitrogens with one attached hydrogen (secondary N) is 2. The number of para-hydroxylation sites is 1. The number of nitrogens with zero attached hydrogens (tertiary/aromatic N) is 1. The lowest BCUT2D eigenvalue weighted by Gasteiger charge is -2.39. The first-order valence-corrected chi connectivity index (χ1v) is 10.6. The minimum atomic E-state index is -0.188. The Kier molecular flexibility index (Phi) is 5.96. The fraction of sp³-hybridized carbons (Fsp3) is 0.200. The van der Waals surface area contributed by atoms with Gasteiger partial charge >= 0.3 is 0 Å². The van der Waals surface area contributed by atoms with Crippen molar-refractivity contribution in [3.63, 3.8) is 0 Å². The fourth-order valence-corrected chi connectivity index (χ4v) is 4.22. The zero-order chi connectivity index (χ0) is 22.0. The maximum Gasteiger partial charge on any atom is 0.255 e. The molecule has 0 aliphatic carbocycles. The van der Waals surface area contributed by atoms with Crippen LogP contribution < -0.4 is 15.5 Å². The Morgan fingerprint density at radius 2 is 1.68 bits per heavy atom. The molecule has 0 saturated heterocycles. The molecule has 0 spiro atoms. The largest absolute Gasteiger partial charge is 0.378 e. The van der Waals surface area contributed by atoms with Crippen molar-refractivity contribution in [1.82, 2.24) is 0 Å². The van der Waals surface area contributed by atoms with E-state index in [0.29, 0.717) is 10.6 Å². The monoisotopic (exact) mass is 433 g/mol. The van der Waals surface area contributed by atoms with E-state index in [9.17, 15) is 9.59 Å². The molecular formula is C25H24ClN3O2. The second kappa shape index (κ2) is 8.82. The average molecular weight is 434 g/mol. The van der Waals surface area contributed by atoms with Crippen LogP contribution in [0.1, 0.15) is 42.2 Å². The van der Waals surface area contributed by atoms with Crippen molar-refractivity contribution in [2.45, 2.75) is 32.4 Å². The van der Waals surface area contributed by atoms with Crippen LogP contribution in [0.3, 0.4) is 0 Å². The molecule has 158 valence electrons. The van der Waals surface area contributed by atoms with E-state index in [-0.39, 0.29) is 23.9 Å². The van der Waals surface area contributed by atoms with Gasteiger partial charge in [-0.15, -0.1) is 0 Å². The summed E-state index contributed by atoms with van der Waals surface area (Å²) in [6.45, 7) is 3.61. The number of hydrogen-bond donors (Lipinski definition) is 2.